The third-order valence-electron chi connectivity index (χ3n) is 4.47. The quantitative estimate of drug-likeness (QED) is 0.524. The van der Waals surface area contributed by atoms with Gasteiger partial charge in [0.2, 0.25) is 11.8 Å². The number of nitrogens with zero attached hydrogens (tertiary/aromatic N) is 1. The number of aryl methyl sites for hydroxylation is 1. The zero-order chi connectivity index (χ0) is 23.6. The molecule has 2 atom stereocenters. The number of carbonyl (C=O) groups is 3. The van der Waals surface area contributed by atoms with E-state index in [-0.39, 0.29) is 31.6 Å². The monoisotopic (exact) mass is 435 g/mol. The molecule has 31 heavy (non-hydrogen) atoms. The van der Waals surface area contributed by atoms with Crippen molar-refractivity contribution in [2.24, 2.45) is 0 Å². The van der Waals surface area contributed by atoms with Crippen LogP contribution >= 0.6 is 0 Å². The molecule has 174 valence electrons. The third-order valence-corrected chi connectivity index (χ3v) is 4.47. The van der Waals surface area contributed by atoms with Gasteiger partial charge >= 0.3 is 6.09 Å². The number of rotatable bonds is 10. The molecule has 8 nitrogen and oxygen atoms in total. The zero-order valence-corrected chi connectivity index (χ0v) is 19.5. The molecule has 3 N–H and O–H groups in total. The average Bonchev–Trinajstić information content (AvgIpc) is 2.64. The number of hydrogen-bond acceptors (Lipinski definition) is 5. The molecule has 0 bridgehead atoms. The lowest BCUT2D eigenvalue weighted by Gasteiger charge is -2.32. The van der Waals surface area contributed by atoms with Gasteiger partial charge in [-0.25, -0.2) is 4.79 Å². The lowest BCUT2D eigenvalue weighted by molar-refractivity contribution is -0.141. The first kappa shape index (κ1) is 26.4. The van der Waals surface area contributed by atoms with Gasteiger partial charge in [-0.15, -0.1) is 0 Å². The van der Waals surface area contributed by atoms with Crippen LogP contribution in [-0.2, 0) is 14.3 Å². The van der Waals surface area contributed by atoms with Crippen molar-refractivity contribution >= 4 is 17.9 Å². The second-order valence-electron chi connectivity index (χ2n) is 8.68. The van der Waals surface area contributed by atoms with Crippen molar-refractivity contribution < 1.29 is 24.2 Å². The number of aliphatic hydroxyl groups excluding tert-OH is 1. The van der Waals surface area contributed by atoms with E-state index in [2.05, 4.69) is 10.6 Å². The first-order valence-electron chi connectivity index (χ1n) is 10.7. The van der Waals surface area contributed by atoms with Crippen molar-refractivity contribution in [3.8, 4) is 0 Å². The largest absolute Gasteiger partial charge is 0.444 e. The van der Waals surface area contributed by atoms with Crippen LogP contribution in [0.4, 0.5) is 4.79 Å². The first-order chi connectivity index (χ1) is 14.5. The molecule has 1 aromatic rings. The summed E-state index contributed by atoms with van der Waals surface area (Å²) in [6.07, 6.45) is 0.994. The molecular formula is C23H37N3O5. The minimum absolute atomic E-state index is 0.0526. The van der Waals surface area contributed by atoms with Gasteiger partial charge in [-0.05, 0) is 46.6 Å². The lowest BCUT2D eigenvalue weighted by atomic mass is 10.0. The van der Waals surface area contributed by atoms with Gasteiger partial charge in [0.05, 0.1) is 6.61 Å². The van der Waals surface area contributed by atoms with Crippen LogP contribution < -0.4 is 10.6 Å². The molecule has 0 heterocycles. The summed E-state index contributed by atoms with van der Waals surface area (Å²) in [5, 5.41) is 15.0. The number of carbonyl (C=O) groups excluding carboxylic acids is 3. The van der Waals surface area contributed by atoms with Crippen LogP contribution in [0.2, 0.25) is 0 Å². The van der Waals surface area contributed by atoms with Gasteiger partial charge in [0, 0.05) is 12.6 Å². The molecule has 0 aromatic heterocycles. The second kappa shape index (κ2) is 12.3. The van der Waals surface area contributed by atoms with Crippen LogP contribution in [0.15, 0.2) is 24.3 Å². The van der Waals surface area contributed by atoms with Gasteiger partial charge in [0.25, 0.3) is 0 Å². The van der Waals surface area contributed by atoms with E-state index in [9.17, 15) is 19.5 Å². The Kier molecular flexibility index (Phi) is 10.5. The second-order valence-corrected chi connectivity index (χ2v) is 8.68. The van der Waals surface area contributed by atoms with E-state index >= 15 is 0 Å². The Hall–Kier alpha value is -2.61. The number of alkyl carbamates (subject to hydrolysis) is 1. The van der Waals surface area contributed by atoms with E-state index in [1.807, 2.05) is 39.0 Å². The first-order valence-corrected chi connectivity index (χ1v) is 10.7. The molecule has 3 amide bonds. The normalized spacial score (nSPS) is 13.1. The fraction of sp³-hybridized carbons (Fsp3) is 0.609. The standard InChI is InChI=1S/C23H37N3O5/c1-7-9-17(3)25-21(29)20(18-11-8-10-16(2)14-18)26(12-13-27)19(28)15-24-22(30)31-23(4,5)6/h8,10-11,14,17,20,27H,7,9,12-13,15H2,1-6H3,(H,24,30)(H,25,29). The minimum atomic E-state index is -0.931. The molecule has 0 saturated carbocycles. The molecule has 0 aliphatic rings. The van der Waals surface area contributed by atoms with E-state index in [1.54, 1.807) is 26.8 Å². The number of nitrogens with one attached hydrogen (secondary N) is 2. The Morgan fingerprint density at radius 3 is 2.45 bits per heavy atom. The average molecular weight is 436 g/mol. The Morgan fingerprint density at radius 2 is 1.90 bits per heavy atom. The van der Waals surface area contributed by atoms with Crippen LogP contribution in [-0.4, -0.2) is 59.3 Å². The molecule has 8 heteroatoms. The SMILES string of the molecule is CCCC(C)NC(=O)C(c1cccc(C)c1)N(CCO)C(=O)CNC(=O)OC(C)(C)C. The fourth-order valence-electron chi connectivity index (χ4n) is 3.21. The minimum Gasteiger partial charge on any atom is -0.444 e. The number of benzene rings is 1. The van der Waals surface area contributed by atoms with Crippen molar-refractivity contribution in [3.05, 3.63) is 35.4 Å². The molecule has 0 spiro atoms. The number of ether oxygens (including phenoxy) is 1. The van der Waals surface area contributed by atoms with E-state index in [4.69, 9.17) is 4.74 Å². The summed E-state index contributed by atoms with van der Waals surface area (Å²) in [7, 11) is 0. The predicted octanol–water partition coefficient (Wildman–Crippen LogP) is 2.69. The highest BCUT2D eigenvalue weighted by atomic mass is 16.6. The fourth-order valence-corrected chi connectivity index (χ4v) is 3.21. The van der Waals surface area contributed by atoms with E-state index in [0.717, 1.165) is 18.4 Å². The molecule has 0 fully saturated rings. The molecule has 0 aliphatic heterocycles. The van der Waals surface area contributed by atoms with Gasteiger partial charge in [0.15, 0.2) is 0 Å². The van der Waals surface area contributed by atoms with Gasteiger partial charge in [0.1, 0.15) is 18.2 Å². The maximum atomic E-state index is 13.2. The Morgan fingerprint density at radius 1 is 1.23 bits per heavy atom. The predicted molar refractivity (Wildman–Crippen MR) is 119 cm³/mol. The van der Waals surface area contributed by atoms with Crippen LogP contribution in [0.25, 0.3) is 0 Å². The van der Waals surface area contributed by atoms with Crippen molar-refractivity contribution in [2.75, 3.05) is 19.7 Å². The molecule has 2 unspecified atom stereocenters. The summed E-state index contributed by atoms with van der Waals surface area (Å²) in [5.41, 5.74) is 0.887. The van der Waals surface area contributed by atoms with E-state index < -0.39 is 23.6 Å². The van der Waals surface area contributed by atoms with Crippen LogP contribution in [0, 0.1) is 6.92 Å². The summed E-state index contributed by atoms with van der Waals surface area (Å²) >= 11 is 0. The van der Waals surface area contributed by atoms with Gasteiger partial charge in [-0.3, -0.25) is 9.59 Å². The van der Waals surface area contributed by atoms with Crippen molar-refractivity contribution in [1.82, 2.24) is 15.5 Å². The third kappa shape index (κ3) is 9.38. The molecule has 0 aliphatic carbocycles. The maximum Gasteiger partial charge on any atom is 0.408 e. The highest BCUT2D eigenvalue weighted by Crippen LogP contribution is 2.23. The van der Waals surface area contributed by atoms with Gasteiger partial charge in [-0.1, -0.05) is 43.2 Å². The Bertz CT molecular complexity index is 745. The summed E-state index contributed by atoms with van der Waals surface area (Å²) in [4.78, 5) is 39.4. The number of aliphatic hydroxyl groups is 1. The number of amides is 3. The lowest BCUT2D eigenvalue weighted by Crippen LogP contribution is -2.50. The Labute approximate surface area is 185 Å². The van der Waals surface area contributed by atoms with Crippen molar-refractivity contribution in [2.45, 2.75) is 72.1 Å². The van der Waals surface area contributed by atoms with Gasteiger partial charge in [-0.2, -0.15) is 0 Å². The topological polar surface area (TPSA) is 108 Å². The summed E-state index contributed by atoms with van der Waals surface area (Å²) in [6, 6.07) is 6.35. The molecular weight excluding hydrogens is 398 g/mol. The summed E-state index contributed by atoms with van der Waals surface area (Å²) < 4.78 is 5.17. The number of hydrogen-bond donors (Lipinski definition) is 3. The van der Waals surface area contributed by atoms with Crippen LogP contribution in [0.3, 0.4) is 0 Å². The van der Waals surface area contributed by atoms with Gasteiger partial charge < -0.3 is 25.4 Å². The van der Waals surface area contributed by atoms with Crippen molar-refractivity contribution in [1.29, 1.82) is 0 Å². The summed E-state index contributed by atoms with van der Waals surface area (Å²) in [6.45, 7) is 10.3. The highest BCUT2D eigenvalue weighted by molar-refractivity contribution is 5.90. The van der Waals surface area contributed by atoms with E-state index in [0.29, 0.717) is 5.56 Å². The van der Waals surface area contributed by atoms with Crippen molar-refractivity contribution in [3.63, 3.8) is 0 Å². The molecule has 0 saturated heterocycles. The smallest absolute Gasteiger partial charge is 0.408 e. The van der Waals surface area contributed by atoms with Crippen LogP contribution in [0.5, 0.6) is 0 Å². The highest BCUT2D eigenvalue weighted by Gasteiger charge is 2.32. The Balaban J connectivity index is 3.12. The van der Waals surface area contributed by atoms with Crippen LogP contribution in [0.1, 0.15) is 64.6 Å². The molecule has 0 radical (unpaired) electrons. The summed E-state index contributed by atoms with van der Waals surface area (Å²) in [5.74, 6) is -0.824. The molecule has 1 rings (SSSR count). The van der Waals surface area contributed by atoms with E-state index in [1.165, 1.54) is 4.90 Å². The molecule has 1 aromatic carbocycles. The zero-order valence-electron chi connectivity index (χ0n) is 19.5. The maximum absolute atomic E-state index is 13.2.